The Morgan fingerprint density at radius 2 is 1.72 bits per heavy atom. The molecule has 8 nitrogen and oxygen atoms in total. The Bertz CT molecular complexity index is 1210. The van der Waals surface area contributed by atoms with E-state index < -0.39 is 0 Å². The van der Waals surface area contributed by atoms with E-state index in [1.807, 2.05) is 13.0 Å². The van der Waals surface area contributed by atoms with E-state index in [9.17, 15) is 5.26 Å². The third-order valence-corrected chi connectivity index (χ3v) is 6.58. The molecule has 1 fully saturated rings. The average molecular weight is 473 g/mol. The lowest BCUT2D eigenvalue weighted by atomic mass is 9.82. The number of nitriles is 1. The highest BCUT2D eigenvalue weighted by molar-refractivity contribution is 6.41. The van der Waals surface area contributed by atoms with Crippen LogP contribution in [-0.2, 0) is 0 Å². The highest BCUT2D eigenvalue weighted by Gasteiger charge is 2.32. The third-order valence-electron chi connectivity index (χ3n) is 5.83. The third kappa shape index (κ3) is 3.83. The smallest absolute Gasteiger partial charge is 0.220 e. The lowest BCUT2D eigenvalue weighted by Crippen LogP contribution is -2.38. The summed E-state index contributed by atoms with van der Waals surface area (Å²) in [7, 11) is 3.04. The van der Waals surface area contributed by atoms with E-state index in [1.54, 1.807) is 12.3 Å². The predicted molar refractivity (Wildman–Crippen MR) is 125 cm³/mol. The zero-order valence-corrected chi connectivity index (χ0v) is 19.5. The largest absolute Gasteiger partial charge is 0.495 e. The number of rotatable bonds is 4. The lowest BCUT2D eigenvalue weighted by molar-refractivity contribution is 0.336. The maximum absolute atomic E-state index is 9.49. The normalized spacial score (nSPS) is 15.4. The molecule has 32 heavy (non-hydrogen) atoms. The van der Waals surface area contributed by atoms with Crippen molar-refractivity contribution in [2.45, 2.75) is 19.8 Å². The Morgan fingerprint density at radius 1 is 1.09 bits per heavy atom. The standard InChI is InChI=1S/C22H22Cl2N6O2/c1-22(11-25)4-6-30(7-5-22)20-19-12(10-27-21(26)29-19)8-13(28-20)16-17(23)14(31-2)9-15(32-3)18(16)24/h8-10H,4-7H2,1-3H3,(H2,26,27,29). The van der Waals surface area contributed by atoms with Crippen LogP contribution in [0.25, 0.3) is 22.2 Å². The predicted octanol–water partition coefficient (Wildman–Crippen LogP) is 4.73. The lowest BCUT2D eigenvalue weighted by Gasteiger charge is -2.36. The number of nitrogens with two attached hydrogens (primary N) is 1. The van der Waals surface area contributed by atoms with Crippen molar-refractivity contribution in [3.63, 3.8) is 0 Å². The van der Waals surface area contributed by atoms with Gasteiger partial charge in [-0.25, -0.2) is 15.0 Å². The van der Waals surface area contributed by atoms with Gasteiger partial charge in [0.25, 0.3) is 0 Å². The van der Waals surface area contributed by atoms with Gasteiger partial charge in [0.2, 0.25) is 5.95 Å². The molecule has 3 heterocycles. The van der Waals surface area contributed by atoms with Gasteiger partial charge in [0.15, 0.2) is 5.82 Å². The van der Waals surface area contributed by atoms with Gasteiger partial charge in [-0.15, -0.1) is 0 Å². The van der Waals surface area contributed by atoms with Crippen molar-refractivity contribution in [2.24, 2.45) is 5.41 Å². The molecule has 0 spiro atoms. The van der Waals surface area contributed by atoms with Crippen LogP contribution in [0.15, 0.2) is 18.3 Å². The van der Waals surface area contributed by atoms with Gasteiger partial charge >= 0.3 is 0 Å². The van der Waals surface area contributed by atoms with Crippen molar-refractivity contribution in [1.82, 2.24) is 15.0 Å². The molecule has 0 radical (unpaired) electrons. The van der Waals surface area contributed by atoms with Crippen molar-refractivity contribution in [1.29, 1.82) is 5.26 Å². The molecule has 0 atom stereocenters. The van der Waals surface area contributed by atoms with Crippen LogP contribution in [0.1, 0.15) is 19.8 Å². The molecular formula is C22H22Cl2N6O2. The molecule has 0 saturated carbocycles. The molecule has 0 amide bonds. The SMILES string of the molecule is COc1cc(OC)c(Cl)c(-c2cc3cnc(N)nc3c(N3CCC(C)(C#N)CC3)n2)c1Cl. The summed E-state index contributed by atoms with van der Waals surface area (Å²) in [6, 6.07) is 5.87. The fourth-order valence-corrected chi connectivity index (χ4v) is 4.51. The van der Waals surface area contributed by atoms with Crippen molar-refractivity contribution in [2.75, 3.05) is 37.9 Å². The fourth-order valence-electron chi connectivity index (χ4n) is 3.82. The number of hydrogen-bond donors (Lipinski definition) is 1. The Balaban J connectivity index is 1.93. The van der Waals surface area contributed by atoms with Gasteiger partial charge in [-0.3, -0.25) is 0 Å². The number of nitrogens with zero attached hydrogens (tertiary/aromatic N) is 5. The molecule has 4 rings (SSSR count). The van der Waals surface area contributed by atoms with Gasteiger partial charge in [0.05, 0.1) is 41.4 Å². The molecule has 0 bridgehead atoms. The number of anilines is 2. The first kappa shape index (κ1) is 22.2. The maximum Gasteiger partial charge on any atom is 0.220 e. The second-order valence-corrected chi connectivity index (χ2v) is 8.70. The van der Waals surface area contributed by atoms with Crippen LogP contribution in [0.2, 0.25) is 10.0 Å². The first-order chi connectivity index (χ1) is 15.3. The van der Waals surface area contributed by atoms with E-state index in [2.05, 4.69) is 20.9 Å². The Kier molecular flexibility index (Phi) is 5.89. The number of fused-ring (bicyclic) bond motifs is 1. The molecule has 0 aliphatic carbocycles. The molecular weight excluding hydrogens is 451 g/mol. The van der Waals surface area contributed by atoms with Gasteiger partial charge in [0.1, 0.15) is 17.0 Å². The summed E-state index contributed by atoms with van der Waals surface area (Å²) in [6.07, 6.45) is 3.08. The summed E-state index contributed by atoms with van der Waals surface area (Å²) < 4.78 is 10.8. The number of hydrogen-bond acceptors (Lipinski definition) is 8. The Hall–Kier alpha value is -3.02. The van der Waals surface area contributed by atoms with Crippen LogP contribution in [0.5, 0.6) is 11.5 Å². The zero-order valence-electron chi connectivity index (χ0n) is 17.9. The van der Waals surface area contributed by atoms with E-state index in [1.165, 1.54) is 14.2 Å². The summed E-state index contributed by atoms with van der Waals surface area (Å²) >= 11 is 13.3. The number of nitrogen functional groups attached to an aromatic ring is 1. The highest BCUT2D eigenvalue weighted by Crippen LogP contribution is 2.46. The topological polar surface area (TPSA) is 110 Å². The van der Waals surface area contributed by atoms with E-state index in [0.717, 1.165) is 5.39 Å². The molecule has 3 aromatic rings. The monoisotopic (exact) mass is 472 g/mol. The first-order valence-electron chi connectivity index (χ1n) is 10.00. The van der Waals surface area contributed by atoms with Crippen LogP contribution in [0, 0.1) is 16.7 Å². The van der Waals surface area contributed by atoms with Crippen molar-refractivity contribution < 1.29 is 9.47 Å². The number of benzene rings is 1. The second kappa shape index (κ2) is 8.49. The van der Waals surface area contributed by atoms with Crippen molar-refractivity contribution in [3.05, 3.63) is 28.4 Å². The summed E-state index contributed by atoms with van der Waals surface area (Å²) in [5.74, 6) is 1.64. The van der Waals surface area contributed by atoms with Gasteiger partial charge < -0.3 is 20.1 Å². The molecule has 0 unspecified atom stereocenters. The minimum Gasteiger partial charge on any atom is -0.495 e. The Labute approximate surface area is 195 Å². The number of methoxy groups -OCH3 is 2. The van der Waals surface area contributed by atoms with Crippen LogP contribution < -0.4 is 20.1 Å². The quantitative estimate of drug-likeness (QED) is 0.579. The van der Waals surface area contributed by atoms with E-state index in [4.69, 9.17) is 43.4 Å². The van der Waals surface area contributed by atoms with Crippen LogP contribution in [0.4, 0.5) is 11.8 Å². The number of ether oxygens (including phenoxy) is 2. The van der Waals surface area contributed by atoms with E-state index in [0.29, 0.717) is 70.1 Å². The minimum absolute atomic E-state index is 0.159. The van der Waals surface area contributed by atoms with Crippen LogP contribution >= 0.6 is 23.2 Å². The van der Waals surface area contributed by atoms with Crippen molar-refractivity contribution in [3.8, 4) is 28.8 Å². The van der Waals surface area contributed by atoms with E-state index >= 15 is 0 Å². The van der Waals surface area contributed by atoms with Crippen LogP contribution in [0.3, 0.4) is 0 Å². The van der Waals surface area contributed by atoms with Gasteiger partial charge in [0, 0.05) is 36.3 Å². The number of aromatic nitrogens is 3. The van der Waals surface area contributed by atoms with Gasteiger partial charge in [-0.2, -0.15) is 5.26 Å². The number of piperidine rings is 1. The second-order valence-electron chi connectivity index (χ2n) is 7.94. The molecule has 1 saturated heterocycles. The first-order valence-corrected chi connectivity index (χ1v) is 10.8. The van der Waals surface area contributed by atoms with E-state index in [-0.39, 0.29) is 11.4 Å². The zero-order chi connectivity index (χ0) is 23.0. The highest BCUT2D eigenvalue weighted by atomic mass is 35.5. The van der Waals surface area contributed by atoms with Crippen LogP contribution in [-0.4, -0.2) is 42.3 Å². The fraction of sp³-hybridized carbons (Fsp3) is 0.364. The maximum atomic E-state index is 9.49. The Morgan fingerprint density at radius 3 is 2.28 bits per heavy atom. The molecule has 166 valence electrons. The molecule has 2 N–H and O–H groups in total. The molecule has 2 aromatic heterocycles. The molecule has 1 aliphatic rings. The number of pyridine rings is 1. The summed E-state index contributed by atoms with van der Waals surface area (Å²) in [6.45, 7) is 3.29. The minimum atomic E-state index is -0.356. The number of halogens is 2. The summed E-state index contributed by atoms with van der Waals surface area (Å²) in [5.41, 5.74) is 7.16. The van der Waals surface area contributed by atoms with Gasteiger partial charge in [-0.05, 0) is 25.8 Å². The summed E-state index contributed by atoms with van der Waals surface area (Å²) in [4.78, 5) is 15.6. The van der Waals surface area contributed by atoms with Crippen molar-refractivity contribution >= 4 is 45.9 Å². The van der Waals surface area contributed by atoms with Gasteiger partial charge in [-0.1, -0.05) is 23.2 Å². The average Bonchev–Trinajstić information content (AvgIpc) is 2.79. The molecule has 1 aromatic carbocycles. The molecule has 10 heteroatoms. The summed E-state index contributed by atoms with van der Waals surface area (Å²) in [5, 5.41) is 10.9. The molecule has 1 aliphatic heterocycles.